The maximum atomic E-state index is 12.3. The van der Waals surface area contributed by atoms with E-state index in [9.17, 15) is 4.79 Å². The predicted molar refractivity (Wildman–Crippen MR) is 104 cm³/mol. The van der Waals surface area contributed by atoms with Gasteiger partial charge in [-0.1, -0.05) is 0 Å². The zero-order valence-electron chi connectivity index (χ0n) is 16.4. The van der Waals surface area contributed by atoms with Crippen LogP contribution < -0.4 is 15.4 Å². The highest BCUT2D eigenvalue weighted by atomic mass is 16.6. The van der Waals surface area contributed by atoms with Crippen LogP contribution in [-0.2, 0) is 4.74 Å². The van der Waals surface area contributed by atoms with Crippen molar-refractivity contribution in [2.24, 2.45) is 5.41 Å². The Bertz CT molecular complexity index is 661. The number of piperidine rings is 1. The second-order valence-electron chi connectivity index (χ2n) is 8.57. The van der Waals surface area contributed by atoms with Crippen molar-refractivity contribution in [1.82, 2.24) is 4.90 Å². The van der Waals surface area contributed by atoms with Gasteiger partial charge in [-0.05, 0) is 57.6 Å². The van der Waals surface area contributed by atoms with Gasteiger partial charge in [0, 0.05) is 37.9 Å². The molecule has 0 atom stereocenters. The third kappa shape index (κ3) is 4.00. The molecule has 2 heterocycles. The van der Waals surface area contributed by atoms with Crippen LogP contribution in [0.15, 0.2) is 18.2 Å². The van der Waals surface area contributed by atoms with Crippen LogP contribution in [-0.4, -0.2) is 49.9 Å². The molecule has 3 rings (SSSR count). The van der Waals surface area contributed by atoms with Crippen molar-refractivity contribution in [2.75, 3.05) is 43.9 Å². The van der Waals surface area contributed by atoms with Crippen LogP contribution in [0.1, 0.15) is 40.0 Å². The summed E-state index contributed by atoms with van der Waals surface area (Å²) in [5.41, 5.74) is 7.51. The van der Waals surface area contributed by atoms with Gasteiger partial charge in [0.2, 0.25) is 0 Å². The van der Waals surface area contributed by atoms with Gasteiger partial charge in [-0.3, -0.25) is 0 Å². The number of methoxy groups -OCH3 is 1. The van der Waals surface area contributed by atoms with E-state index in [1.807, 2.05) is 37.8 Å². The summed E-state index contributed by atoms with van der Waals surface area (Å²) in [4.78, 5) is 16.6. The summed E-state index contributed by atoms with van der Waals surface area (Å²) >= 11 is 0. The topological polar surface area (TPSA) is 68.0 Å². The zero-order valence-corrected chi connectivity index (χ0v) is 16.4. The van der Waals surface area contributed by atoms with Crippen LogP contribution in [0, 0.1) is 5.41 Å². The Morgan fingerprint density at radius 1 is 1.15 bits per heavy atom. The maximum absolute atomic E-state index is 12.3. The summed E-state index contributed by atoms with van der Waals surface area (Å²) in [6.45, 7) is 9.30. The Morgan fingerprint density at radius 2 is 1.81 bits per heavy atom. The number of hydrogen-bond acceptors (Lipinski definition) is 5. The summed E-state index contributed by atoms with van der Waals surface area (Å²) in [6.07, 6.45) is 3.04. The highest BCUT2D eigenvalue weighted by molar-refractivity contribution is 5.68. The fourth-order valence-electron chi connectivity index (χ4n) is 3.96. The first kappa shape index (κ1) is 18.7. The fraction of sp³-hybridized carbons (Fsp3) is 0.650. The molecule has 2 saturated heterocycles. The number of hydrogen-bond donors (Lipinski definition) is 1. The monoisotopic (exact) mass is 361 g/mol. The van der Waals surface area contributed by atoms with Gasteiger partial charge in [-0.2, -0.15) is 0 Å². The number of carbonyl (C=O) groups excluding carboxylic acids is 1. The molecule has 1 spiro atoms. The lowest BCUT2D eigenvalue weighted by molar-refractivity contribution is 0.0266. The van der Waals surface area contributed by atoms with Crippen LogP contribution in [0.3, 0.4) is 0 Å². The molecular weight excluding hydrogens is 330 g/mol. The quantitative estimate of drug-likeness (QED) is 0.817. The van der Waals surface area contributed by atoms with Gasteiger partial charge in [-0.25, -0.2) is 4.79 Å². The normalized spacial score (nSPS) is 19.7. The number of anilines is 2. The highest BCUT2D eigenvalue weighted by Crippen LogP contribution is 2.42. The van der Waals surface area contributed by atoms with Crippen LogP contribution in [0.2, 0.25) is 0 Å². The number of carbonyl (C=O) groups is 1. The largest absolute Gasteiger partial charge is 0.495 e. The van der Waals surface area contributed by atoms with Gasteiger partial charge >= 0.3 is 6.09 Å². The van der Waals surface area contributed by atoms with E-state index in [1.54, 1.807) is 7.11 Å². The third-order valence-corrected chi connectivity index (χ3v) is 5.50. The lowest BCUT2D eigenvalue weighted by Crippen LogP contribution is -2.43. The lowest BCUT2D eigenvalue weighted by atomic mass is 9.77. The molecule has 0 aliphatic carbocycles. The van der Waals surface area contributed by atoms with Crippen molar-refractivity contribution in [2.45, 2.75) is 45.6 Å². The molecular formula is C20H31N3O3. The van der Waals surface area contributed by atoms with E-state index in [4.69, 9.17) is 15.2 Å². The maximum Gasteiger partial charge on any atom is 0.410 e. The Balaban J connectivity index is 1.59. The van der Waals surface area contributed by atoms with Gasteiger partial charge < -0.3 is 25.0 Å². The molecule has 1 amide bonds. The summed E-state index contributed by atoms with van der Waals surface area (Å²) in [5.74, 6) is 0.722. The molecule has 6 heteroatoms. The van der Waals surface area contributed by atoms with E-state index in [0.717, 1.165) is 56.9 Å². The van der Waals surface area contributed by atoms with Crippen molar-refractivity contribution in [1.29, 1.82) is 0 Å². The van der Waals surface area contributed by atoms with Crippen LogP contribution in [0.25, 0.3) is 0 Å². The Labute approximate surface area is 156 Å². The summed E-state index contributed by atoms with van der Waals surface area (Å²) in [5, 5.41) is 0. The molecule has 0 radical (unpaired) electrons. The minimum absolute atomic E-state index is 0.180. The standard InChI is InChI=1S/C20H31N3O3/c1-19(2,3)26-18(24)23-12-9-20(14-23)7-10-22(11-8-20)15-5-6-16(21)17(13-15)25-4/h5-6,13H,7-12,14,21H2,1-4H3. The molecule has 2 aliphatic heterocycles. The molecule has 2 fully saturated rings. The summed E-state index contributed by atoms with van der Waals surface area (Å²) < 4.78 is 10.9. The van der Waals surface area contributed by atoms with Gasteiger partial charge in [-0.15, -0.1) is 0 Å². The molecule has 0 aromatic heterocycles. The van der Waals surface area contributed by atoms with Crippen molar-refractivity contribution in [3.8, 4) is 5.75 Å². The van der Waals surface area contributed by atoms with E-state index >= 15 is 0 Å². The third-order valence-electron chi connectivity index (χ3n) is 5.50. The van der Waals surface area contributed by atoms with Crippen molar-refractivity contribution < 1.29 is 14.3 Å². The average molecular weight is 361 g/mol. The molecule has 2 aliphatic rings. The van der Waals surface area contributed by atoms with Crippen molar-refractivity contribution in [3.63, 3.8) is 0 Å². The molecule has 1 aromatic carbocycles. The number of amides is 1. The first-order valence-electron chi connectivity index (χ1n) is 9.38. The van der Waals surface area contributed by atoms with Gasteiger partial charge in [0.1, 0.15) is 11.4 Å². The van der Waals surface area contributed by atoms with Gasteiger partial charge in [0.25, 0.3) is 0 Å². The van der Waals surface area contributed by atoms with Crippen molar-refractivity contribution in [3.05, 3.63) is 18.2 Å². The fourth-order valence-corrected chi connectivity index (χ4v) is 3.96. The Hall–Kier alpha value is -2.11. The second kappa shape index (κ2) is 6.89. The SMILES string of the molecule is COc1cc(N2CCC3(CCN(C(=O)OC(C)(C)C)C3)CC2)ccc1N. The number of ether oxygens (including phenoxy) is 2. The number of rotatable bonds is 2. The van der Waals surface area contributed by atoms with E-state index in [-0.39, 0.29) is 11.5 Å². The summed E-state index contributed by atoms with van der Waals surface area (Å²) in [6, 6.07) is 5.96. The average Bonchev–Trinajstić information content (AvgIpc) is 2.99. The first-order chi connectivity index (χ1) is 12.2. The van der Waals surface area contributed by atoms with E-state index in [2.05, 4.69) is 11.0 Å². The van der Waals surface area contributed by atoms with Gasteiger partial charge in [0.05, 0.1) is 12.8 Å². The minimum atomic E-state index is -0.440. The number of nitrogens with two attached hydrogens (primary N) is 1. The predicted octanol–water partition coefficient (Wildman–Crippen LogP) is 3.50. The van der Waals surface area contributed by atoms with E-state index < -0.39 is 5.60 Å². The van der Waals surface area contributed by atoms with E-state index in [0.29, 0.717) is 5.69 Å². The number of likely N-dealkylation sites (tertiary alicyclic amines) is 1. The lowest BCUT2D eigenvalue weighted by Gasteiger charge is -2.40. The number of nitrogens with zero attached hydrogens (tertiary/aromatic N) is 2. The summed E-state index contributed by atoms with van der Waals surface area (Å²) in [7, 11) is 1.64. The van der Waals surface area contributed by atoms with Crippen LogP contribution >= 0.6 is 0 Å². The van der Waals surface area contributed by atoms with Crippen molar-refractivity contribution >= 4 is 17.5 Å². The minimum Gasteiger partial charge on any atom is -0.495 e. The number of nitrogen functional groups attached to an aromatic ring is 1. The van der Waals surface area contributed by atoms with Crippen LogP contribution in [0.4, 0.5) is 16.2 Å². The Kier molecular flexibility index (Phi) is 4.95. The number of benzene rings is 1. The van der Waals surface area contributed by atoms with Gasteiger partial charge in [0.15, 0.2) is 0 Å². The smallest absolute Gasteiger partial charge is 0.410 e. The van der Waals surface area contributed by atoms with Crippen LogP contribution in [0.5, 0.6) is 5.75 Å². The second-order valence-corrected chi connectivity index (χ2v) is 8.57. The first-order valence-corrected chi connectivity index (χ1v) is 9.38. The molecule has 0 saturated carbocycles. The molecule has 0 bridgehead atoms. The zero-order chi connectivity index (χ0) is 18.9. The molecule has 26 heavy (non-hydrogen) atoms. The molecule has 0 unspecified atom stereocenters. The molecule has 6 nitrogen and oxygen atoms in total. The van der Waals surface area contributed by atoms with E-state index in [1.165, 1.54) is 0 Å². The molecule has 2 N–H and O–H groups in total. The Morgan fingerprint density at radius 3 is 2.42 bits per heavy atom. The highest BCUT2D eigenvalue weighted by Gasteiger charge is 2.43. The molecule has 1 aromatic rings. The molecule has 144 valence electrons.